The Bertz CT molecular complexity index is 783. The van der Waals surface area contributed by atoms with Gasteiger partial charge in [0.2, 0.25) is 0 Å². The first-order valence-electron chi connectivity index (χ1n) is 9.98. The first kappa shape index (κ1) is 26.4. The van der Waals surface area contributed by atoms with E-state index in [9.17, 15) is 12.6 Å². The Balaban J connectivity index is 0.00000420. The average molecular weight is 556 g/mol. The highest BCUT2D eigenvalue weighted by atomic mass is 127. The van der Waals surface area contributed by atoms with Crippen LogP contribution < -0.4 is 10.6 Å². The largest absolute Gasteiger partial charge is 0.357 e. The Morgan fingerprint density at radius 3 is 2.41 bits per heavy atom. The van der Waals surface area contributed by atoms with Crippen molar-refractivity contribution < 1.29 is 12.6 Å². The highest BCUT2D eigenvalue weighted by molar-refractivity contribution is 14.0. The summed E-state index contributed by atoms with van der Waals surface area (Å²) in [4.78, 5) is 4.67. The number of sulfone groups is 1. The Hall–Kier alpha value is -0.680. The van der Waals surface area contributed by atoms with Crippen molar-refractivity contribution in [3.63, 3.8) is 0 Å². The number of hydrogen-bond donors (Lipinski definition) is 2. The minimum atomic E-state index is -3.02. The highest BCUT2D eigenvalue weighted by Gasteiger charge is 2.26. The monoisotopic (exact) mass is 555 g/mol. The summed E-state index contributed by atoms with van der Waals surface area (Å²) in [6.07, 6.45) is 5.37. The van der Waals surface area contributed by atoms with Gasteiger partial charge in [-0.25, -0.2) is 13.4 Å². The molecule has 1 aliphatic carbocycles. The van der Waals surface area contributed by atoms with E-state index in [0.717, 1.165) is 55.1 Å². The highest BCUT2D eigenvalue weighted by Crippen LogP contribution is 2.23. The third-order valence-corrected chi connectivity index (χ3v) is 7.44. The summed E-state index contributed by atoms with van der Waals surface area (Å²) >= 11 is 0. The molecule has 166 valence electrons. The Kier molecular flexibility index (Phi) is 11.7. The topological polar surface area (TPSA) is 87.6 Å². The SMILES string of the molecule is CCNC(=NCc1ccc(CS(C)(=O)=O)cc1)NC1CCCC(S(=O)CC)C1.I. The Labute approximate surface area is 195 Å². The van der Waals surface area contributed by atoms with Crippen LogP contribution in [0.5, 0.6) is 0 Å². The molecule has 0 radical (unpaired) electrons. The van der Waals surface area contributed by atoms with Gasteiger partial charge in [0, 0.05) is 40.6 Å². The maximum absolute atomic E-state index is 12.1. The Morgan fingerprint density at radius 2 is 1.83 bits per heavy atom. The molecule has 1 aliphatic rings. The number of hydrogen-bond acceptors (Lipinski definition) is 4. The standard InChI is InChI=1S/C20H33N3O3S2.HI/c1-4-21-20(23-18-7-6-8-19(13-18)27(24)5-2)22-14-16-9-11-17(12-10-16)15-28(3,25)26;/h9-12,18-19H,4-8,13-15H2,1-3H3,(H2,21,22,23);1H. The second kappa shape index (κ2) is 12.9. The van der Waals surface area contributed by atoms with Crippen LogP contribution in [0.15, 0.2) is 29.3 Å². The molecule has 3 unspecified atom stereocenters. The second-order valence-electron chi connectivity index (χ2n) is 7.38. The number of guanidine groups is 1. The summed E-state index contributed by atoms with van der Waals surface area (Å²) in [5, 5.41) is 7.07. The summed E-state index contributed by atoms with van der Waals surface area (Å²) in [7, 11) is -3.76. The van der Waals surface area contributed by atoms with Crippen LogP contribution in [-0.2, 0) is 32.9 Å². The van der Waals surface area contributed by atoms with Crippen molar-refractivity contribution in [1.82, 2.24) is 10.6 Å². The molecule has 2 rings (SSSR count). The fourth-order valence-electron chi connectivity index (χ4n) is 3.48. The number of benzene rings is 1. The van der Waals surface area contributed by atoms with E-state index in [0.29, 0.717) is 12.6 Å². The molecular formula is C20H34IN3O3S2. The first-order valence-corrected chi connectivity index (χ1v) is 13.4. The summed E-state index contributed by atoms with van der Waals surface area (Å²) in [6.45, 7) is 5.31. The number of halogens is 1. The zero-order valence-electron chi connectivity index (χ0n) is 17.5. The van der Waals surface area contributed by atoms with Gasteiger partial charge in [0.05, 0.1) is 12.3 Å². The predicted octanol–water partition coefficient (Wildman–Crippen LogP) is 2.98. The molecule has 0 aliphatic heterocycles. The molecule has 1 aromatic rings. The van der Waals surface area contributed by atoms with E-state index >= 15 is 0 Å². The van der Waals surface area contributed by atoms with Gasteiger partial charge < -0.3 is 10.6 Å². The van der Waals surface area contributed by atoms with E-state index < -0.39 is 20.6 Å². The molecule has 0 bridgehead atoms. The molecule has 29 heavy (non-hydrogen) atoms. The number of nitrogens with zero attached hydrogens (tertiary/aromatic N) is 1. The lowest BCUT2D eigenvalue weighted by Crippen LogP contribution is -2.46. The summed E-state index contributed by atoms with van der Waals surface area (Å²) in [5.41, 5.74) is 1.82. The lowest BCUT2D eigenvalue weighted by molar-refractivity contribution is 0.413. The van der Waals surface area contributed by atoms with E-state index in [1.54, 1.807) is 0 Å². The van der Waals surface area contributed by atoms with E-state index in [-0.39, 0.29) is 35.0 Å². The zero-order chi connectivity index (χ0) is 20.6. The number of aliphatic imine (C=N–C) groups is 1. The van der Waals surface area contributed by atoms with Gasteiger partial charge in [0.1, 0.15) is 0 Å². The van der Waals surface area contributed by atoms with Crippen molar-refractivity contribution in [1.29, 1.82) is 0 Å². The Morgan fingerprint density at radius 1 is 1.17 bits per heavy atom. The van der Waals surface area contributed by atoms with Gasteiger partial charge in [0.25, 0.3) is 0 Å². The van der Waals surface area contributed by atoms with Crippen LogP contribution in [0.4, 0.5) is 0 Å². The van der Waals surface area contributed by atoms with Crippen molar-refractivity contribution in [3.8, 4) is 0 Å². The van der Waals surface area contributed by atoms with Gasteiger partial charge >= 0.3 is 0 Å². The molecule has 0 spiro atoms. The van der Waals surface area contributed by atoms with E-state index in [4.69, 9.17) is 0 Å². The molecular weight excluding hydrogens is 521 g/mol. The van der Waals surface area contributed by atoms with Gasteiger partial charge in [0.15, 0.2) is 15.8 Å². The second-order valence-corrected chi connectivity index (χ2v) is 11.5. The van der Waals surface area contributed by atoms with Gasteiger partial charge in [-0.1, -0.05) is 37.6 Å². The molecule has 0 amide bonds. The van der Waals surface area contributed by atoms with Crippen LogP contribution in [-0.4, -0.2) is 48.4 Å². The minimum Gasteiger partial charge on any atom is -0.357 e. The number of nitrogens with one attached hydrogen (secondary N) is 2. The van der Waals surface area contributed by atoms with Gasteiger partial charge in [-0.2, -0.15) is 0 Å². The predicted molar refractivity (Wildman–Crippen MR) is 133 cm³/mol. The molecule has 1 fully saturated rings. The van der Waals surface area contributed by atoms with E-state index in [1.807, 2.05) is 38.1 Å². The van der Waals surface area contributed by atoms with Crippen LogP contribution in [0.1, 0.15) is 50.7 Å². The lowest BCUT2D eigenvalue weighted by atomic mass is 9.95. The summed E-state index contributed by atoms with van der Waals surface area (Å²) in [5.74, 6) is 1.56. The molecule has 1 saturated carbocycles. The van der Waals surface area contributed by atoms with Crippen molar-refractivity contribution in [3.05, 3.63) is 35.4 Å². The van der Waals surface area contributed by atoms with Crippen LogP contribution in [0, 0.1) is 0 Å². The van der Waals surface area contributed by atoms with Crippen LogP contribution in [0.2, 0.25) is 0 Å². The van der Waals surface area contributed by atoms with E-state index in [2.05, 4.69) is 15.6 Å². The van der Waals surface area contributed by atoms with Crippen molar-refractivity contribution >= 4 is 50.6 Å². The van der Waals surface area contributed by atoms with Crippen LogP contribution in [0.3, 0.4) is 0 Å². The zero-order valence-corrected chi connectivity index (χ0v) is 21.5. The molecule has 6 nitrogen and oxygen atoms in total. The fraction of sp³-hybridized carbons (Fsp3) is 0.650. The van der Waals surface area contributed by atoms with E-state index in [1.165, 1.54) is 6.26 Å². The molecule has 3 atom stereocenters. The van der Waals surface area contributed by atoms with Crippen LogP contribution in [0.25, 0.3) is 0 Å². The molecule has 1 aromatic carbocycles. The molecule has 0 saturated heterocycles. The van der Waals surface area contributed by atoms with Crippen molar-refractivity contribution in [2.45, 2.75) is 63.1 Å². The summed E-state index contributed by atoms with van der Waals surface area (Å²) < 4.78 is 34.9. The maximum atomic E-state index is 12.1. The molecule has 9 heteroatoms. The molecule has 2 N–H and O–H groups in total. The average Bonchev–Trinajstić information content (AvgIpc) is 2.66. The fourth-order valence-corrected chi connectivity index (χ4v) is 5.62. The molecule has 0 aromatic heterocycles. The summed E-state index contributed by atoms with van der Waals surface area (Å²) in [6, 6.07) is 7.84. The molecule has 0 heterocycles. The number of rotatable bonds is 8. The van der Waals surface area contributed by atoms with Crippen molar-refractivity contribution in [2.75, 3.05) is 18.6 Å². The van der Waals surface area contributed by atoms with Crippen LogP contribution >= 0.6 is 24.0 Å². The third-order valence-electron chi connectivity index (χ3n) is 4.84. The normalized spacial score (nSPS) is 21.1. The lowest BCUT2D eigenvalue weighted by Gasteiger charge is -2.30. The minimum absolute atomic E-state index is 0. The maximum Gasteiger partial charge on any atom is 0.191 e. The van der Waals surface area contributed by atoms with Gasteiger partial charge in [-0.3, -0.25) is 4.21 Å². The van der Waals surface area contributed by atoms with Gasteiger partial charge in [-0.05, 0) is 37.3 Å². The smallest absolute Gasteiger partial charge is 0.191 e. The van der Waals surface area contributed by atoms with Gasteiger partial charge in [-0.15, -0.1) is 24.0 Å². The third kappa shape index (κ3) is 9.78. The quantitative estimate of drug-likeness (QED) is 0.293. The van der Waals surface area contributed by atoms with Crippen molar-refractivity contribution in [2.24, 2.45) is 4.99 Å². The first-order chi connectivity index (χ1) is 13.3.